The minimum absolute atomic E-state index is 0.115. The summed E-state index contributed by atoms with van der Waals surface area (Å²) in [6.07, 6.45) is 0. The highest BCUT2D eigenvalue weighted by Crippen LogP contribution is 2.41. The van der Waals surface area contributed by atoms with E-state index in [4.69, 9.17) is 4.74 Å². The molecule has 2 aliphatic rings. The third-order valence-corrected chi connectivity index (χ3v) is 3.35. The number of nitrogens with zero attached hydrogens (tertiary/aromatic N) is 2. The van der Waals surface area contributed by atoms with Crippen LogP contribution in [0.15, 0.2) is 24.3 Å². The lowest BCUT2D eigenvalue weighted by atomic mass is 10.3. The Labute approximate surface area is 98.6 Å². The third-order valence-electron chi connectivity index (χ3n) is 3.35. The van der Waals surface area contributed by atoms with Crippen LogP contribution >= 0.6 is 0 Å². The van der Waals surface area contributed by atoms with Gasteiger partial charge in [0, 0.05) is 12.7 Å². The average molecular weight is 232 g/mol. The first-order chi connectivity index (χ1) is 8.15. The molecular weight excluding hydrogens is 220 g/mol. The molecule has 2 atom stereocenters. The van der Waals surface area contributed by atoms with Gasteiger partial charge in [0.25, 0.3) is 11.8 Å². The molecule has 0 radical (unpaired) electrons. The monoisotopic (exact) mass is 232 g/mol. The van der Waals surface area contributed by atoms with Gasteiger partial charge >= 0.3 is 0 Å². The third kappa shape index (κ3) is 1.25. The number of carbonyl (C=O) groups is 2. The van der Waals surface area contributed by atoms with Gasteiger partial charge in [0.05, 0.1) is 7.11 Å². The number of carbonyl (C=O) groups excluding carboxylic acids is 2. The lowest BCUT2D eigenvalue weighted by Gasteiger charge is -2.15. The molecule has 0 aliphatic carbocycles. The van der Waals surface area contributed by atoms with Gasteiger partial charge in [0.15, 0.2) is 0 Å². The zero-order chi connectivity index (χ0) is 12.2. The Morgan fingerprint density at radius 3 is 2.06 bits per heavy atom. The highest BCUT2D eigenvalue weighted by molar-refractivity contribution is 6.18. The quantitative estimate of drug-likeness (QED) is 0.542. The molecule has 2 amide bonds. The number of fused-ring (bicyclic) bond motifs is 1. The van der Waals surface area contributed by atoms with Gasteiger partial charge in [-0.2, -0.15) is 0 Å². The molecule has 2 heterocycles. The zero-order valence-electron chi connectivity index (χ0n) is 9.58. The second-order valence-corrected chi connectivity index (χ2v) is 4.23. The maximum absolute atomic E-state index is 11.7. The summed E-state index contributed by atoms with van der Waals surface area (Å²) in [7, 11) is 3.13. The normalized spacial score (nSPS) is 26.2. The van der Waals surface area contributed by atoms with Gasteiger partial charge < -0.3 is 9.64 Å². The van der Waals surface area contributed by atoms with Crippen molar-refractivity contribution in [3.63, 3.8) is 0 Å². The van der Waals surface area contributed by atoms with Crippen LogP contribution in [0.3, 0.4) is 0 Å². The van der Waals surface area contributed by atoms with Crippen molar-refractivity contribution in [1.82, 2.24) is 4.90 Å². The number of imide groups is 1. The SMILES string of the molecule is COc1ccc(N2[C@@H]3C(=O)N(C)C(=O)[C@@H]32)cc1. The smallest absolute Gasteiger partial charge is 0.254 e. The molecule has 0 aromatic heterocycles. The predicted molar refractivity (Wildman–Crippen MR) is 60.8 cm³/mol. The number of likely N-dealkylation sites (tertiary alicyclic amines) is 1. The fourth-order valence-corrected chi connectivity index (χ4v) is 2.32. The van der Waals surface area contributed by atoms with Gasteiger partial charge in [-0.25, -0.2) is 0 Å². The Balaban J connectivity index is 1.85. The van der Waals surface area contributed by atoms with Gasteiger partial charge in [-0.15, -0.1) is 0 Å². The van der Waals surface area contributed by atoms with E-state index in [2.05, 4.69) is 0 Å². The lowest BCUT2D eigenvalue weighted by Crippen LogP contribution is -2.35. The Morgan fingerprint density at radius 2 is 1.59 bits per heavy atom. The Kier molecular flexibility index (Phi) is 1.92. The molecule has 0 bridgehead atoms. The van der Waals surface area contributed by atoms with Crippen molar-refractivity contribution < 1.29 is 14.3 Å². The van der Waals surface area contributed by atoms with E-state index in [1.807, 2.05) is 29.2 Å². The number of likely N-dealkylation sites (N-methyl/N-ethyl adjacent to an activating group) is 1. The highest BCUT2D eigenvalue weighted by atomic mass is 16.5. The molecule has 3 rings (SSSR count). The summed E-state index contributed by atoms with van der Waals surface area (Å²) in [6, 6.07) is 6.78. The number of ether oxygens (including phenoxy) is 1. The number of hydrogen-bond acceptors (Lipinski definition) is 4. The van der Waals surface area contributed by atoms with E-state index in [1.54, 1.807) is 7.11 Å². The molecule has 2 saturated heterocycles. The molecule has 5 heteroatoms. The number of hydrogen-bond donors (Lipinski definition) is 0. The first-order valence-corrected chi connectivity index (χ1v) is 5.39. The van der Waals surface area contributed by atoms with Gasteiger partial charge in [0.1, 0.15) is 17.8 Å². The Hall–Kier alpha value is -2.04. The van der Waals surface area contributed by atoms with Crippen molar-refractivity contribution in [2.75, 3.05) is 19.1 Å². The van der Waals surface area contributed by atoms with Crippen LogP contribution in [0, 0.1) is 0 Å². The summed E-state index contributed by atoms with van der Waals surface area (Å²) in [4.78, 5) is 26.4. The molecule has 0 N–H and O–H groups in total. The number of piperazine rings is 1. The van der Waals surface area contributed by atoms with Crippen LogP contribution in [-0.2, 0) is 9.59 Å². The van der Waals surface area contributed by atoms with Crippen LogP contribution in [0.5, 0.6) is 5.75 Å². The van der Waals surface area contributed by atoms with Crippen molar-refractivity contribution in [1.29, 1.82) is 0 Å². The van der Waals surface area contributed by atoms with E-state index in [9.17, 15) is 9.59 Å². The molecule has 1 aromatic carbocycles. The summed E-state index contributed by atoms with van der Waals surface area (Å²) in [5.41, 5.74) is 0.885. The molecule has 5 nitrogen and oxygen atoms in total. The van der Waals surface area contributed by atoms with E-state index in [1.165, 1.54) is 11.9 Å². The van der Waals surface area contributed by atoms with Crippen molar-refractivity contribution in [2.24, 2.45) is 0 Å². The Bertz CT molecular complexity index is 475. The minimum atomic E-state index is -0.291. The van der Waals surface area contributed by atoms with Crippen molar-refractivity contribution in [3.05, 3.63) is 24.3 Å². The maximum atomic E-state index is 11.7. The first kappa shape index (κ1) is 10.1. The zero-order valence-corrected chi connectivity index (χ0v) is 9.58. The fraction of sp³-hybridized carbons (Fsp3) is 0.333. The van der Waals surface area contributed by atoms with Crippen LogP contribution < -0.4 is 9.64 Å². The van der Waals surface area contributed by atoms with Crippen LogP contribution in [0.1, 0.15) is 0 Å². The van der Waals surface area contributed by atoms with Crippen LogP contribution in [0.4, 0.5) is 5.69 Å². The molecule has 2 fully saturated rings. The maximum Gasteiger partial charge on any atom is 0.254 e. The topological polar surface area (TPSA) is 49.6 Å². The second kappa shape index (κ2) is 3.23. The molecule has 1 aromatic rings. The molecule has 2 aliphatic heterocycles. The van der Waals surface area contributed by atoms with E-state index in [0.717, 1.165) is 11.4 Å². The van der Waals surface area contributed by atoms with Crippen LogP contribution in [0.2, 0.25) is 0 Å². The molecule has 0 saturated carbocycles. The molecule has 0 spiro atoms. The molecule has 17 heavy (non-hydrogen) atoms. The second-order valence-electron chi connectivity index (χ2n) is 4.23. The van der Waals surface area contributed by atoms with Crippen molar-refractivity contribution in [3.8, 4) is 5.75 Å². The van der Waals surface area contributed by atoms with Crippen molar-refractivity contribution in [2.45, 2.75) is 12.1 Å². The predicted octanol–water partition coefficient (Wildman–Crippen LogP) is 0.251. The first-order valence-electron chi connectivity index (χ1n) is 5.39. The van der Waals surface area contributed by atoms with Crippen molar-refractivity contribution >= 4 is 17.5 Å². The molecular formula is C12H12N2O3. The number of amides is 2. The fourth-order valence-electron chi connectivity index (χ4n) is 2.32. The standard InChI is InChI=1S/C12H12N2O3/c1-13-11(15)9-10(12(13)16)14(9)7-3-5-8(17-2)6-4-7/h3-6,9-10H,1-2H3/t9-,10+,14?. The van der Waals surface area contributed by atoms with Crippen LogP contribution in [0.25, 0.3) is 0 Å². The molecule has 0 unspecified atom stereocenters. The van der Waals surface area contributed by atoms with Gasteiger partial charge in [0.2, 0.25) is 0 Å². The van der Waals surface area contributed by atoms with Gasteiger partial charge in [-0.3, -0.25) is 14.5 Å². The lowest BCUT2D eigenvalue weighted by molar-refractivity contribution is -0.138. The van der Waals surface area contributed by atoms with Gasteiger partial charge in [-0.05, 0) is 24.3 Å². The summed E-state index contributed by atoms with van der Waals surface area (Å²) >= 11 is 0. The van der Waals surface area contributed by atoms with E-state index in [0.29, 0.717) is 0 Å². The van der Waals surface area contributed by atoms with E-state index < -0.39 is 0 Å². The largest absolute Gasteiger partial charge is 0.497 e. The minimum Gasteiger partial charge on any atom is -0.497 e. The summed E-state index contributed by atoms with van der Waals surface area (Å²) in [6.45, 7) is 0. The highest BCUT2D eigenvalue weighted by Gasteiger charge is 2.65. The average Bonchev–Trinajstić information content (AvgIpc) is 3.06. The van der Waals surface area contributed by atoms with Crippen LogP contribution in [-0.4, -0.2) is 43.0 Å². The Morgan fingerprint density at radius 1 is 1.06 bits per heavy atom. The number of rotatable bonds is 2. The number of anilines is 1. The van der Waals surface area contributed by atoms with Gasteiger partial charge in [-0.1, -0.05) is 0 Å². The number of methoxy groups -OCH3 is 1. The molecule has 88 valence electrons. The van der Waals surface area contributed by atoms with E-state index >= 15 is 0 Å². The van der Waals surface area contributed by atoms with E-state index in [-0.39, 0.29) is 23.9 Å². The summed E-state index contributed by atoms with van der Waals surface area (Å²) in [5, 5.41) is 0. The number of benzene rings is 1. The summed E-state index contributed by atoms with van der Waals surface area (Å²) < 4.78 is 5.06. The summed E-state index contributed by atoms with van der Waals surface area (Å²) in [5.74, 6) is 0.530.